The quantitative estimate of drug-likeness (QED) is 0.541. The number of methoxy groups -OCH3 is 1. The predicted molar refractivity (Wildman–Crippen MR) is 71.7 cm³/mol. The minimum absolute atomic E-state index is 0.247. The van der Waals surface area contributed by atoms with E-state index in [1.54, 1.807) is 7.11 Å². The van der Waals surface area contributed by atoms with Crippen molar-refractivity contribution < 1.29 is 23.8 Å². The lowest BCUT2D eigenvalue weighted by Gasteiger charge is -2.11. The lowest BCUT2D eigenvalue weighted by molar-refractivity contribution is -0.146. The van der Waals surface area contributed by atoms with E-state index in [0.29, 0.717) is 32.2 Å². The van der Waals surface area contributed by atoms with Crippen molar-refractivity contribution in [2.45, 2.75) is 46.0 Å². The van der Waals surface area contributed by atoms with Gasteiger partial charge >= 0.3 is 11.9 Å². The maximum atomic E-state index is 11.4. The summed E-state index contributed by atoms with van der Waals surface area (Å²) in [7, 11) is 1.65. The Morgan fingerprint density at radius 3 is 2.26 bits per heavy atom. The summed E-state index contributed by atoms with van der Waals surface area (Å²) in [6.07, 6.45) is 2.70. The number of esters is 2. The number of carbonyl (C=O) groups excluding carboxylic acids is 2. The maximum Gasteiger partial charge on any atom is 0.305 e. The van der Waals surface area contributed by atoms with Crippen LogP contribution < -0.4 is 0 Å². The zero-order valence-corrected chi connectivity index (χ0v) is 12.3. The molecule has 5 heteroatoms. The molecule has 0 aliphatic heterocycles. The van der Waals surface area contributed by atoms with Gasteiger partial charge < -0.3 is 14.2 Å². The molecule has 0 aliphatic carbocycles. The molecule has 0 heterocycles. The third kappa shape index (κ3) is 11.7. The molecule has 0 bridgehead atoms. The minimum Gasteiger partial charge on any atom is -0.466 e. The van der Waals surface area contributed by atoms with Crippen LogP contribution in [0.5, 0.6) is 0 Å². The maximum absolute atomic E-state index is 11.4. The smallest absolute Gasteiger partial charge is 0.305 e. The van der Waals surface area contributed by atoms with Crippen molar-refractivity contribution >= 4 is 11.9 Å². The van der Waals surface area contributed by atoms with Gasteiger partial charge in [0, 0.05) is 26.6 Å². The molecule has 112 valence electrons. The number of hydrogen-bond acceptors (Lipinski definition) is 5. The second-order valence-electron chi connectivity index (χ2n) is 4.64. The molecule has 0 N–H and O–H groups in total. The van der Waals surface area contributed by atoms with Crippen molar-refractivity contribution in [2.75, 3.05) is 26.9 Å². The highest BCUT2D eigenvalue weighted by Crippen LogP contribution is 2.05. The highest BCUT2D eigenvalue weighted by molar-refractivity contribution is 5.72. The Balaban J connectivity index is 3.51. The van der Waals surface area contributed by atoms with E-state index in [4.69, 9.17) is 14.2 Å². The summed E-state index contributed by atoms with van der Waals surface area (Å²) in [5, 5.41) is 0. The van der Waals surface area contributed by atoms with Crippen LogP contribution in [0.4, 0.5) is 0 Å². The van der Waals surface area contributed by atoms with Gasteiger partial charge in [-0.15, -0.1) is 0 Å². The van der Waals surface area contributed by atoms with E-state index in [0.717, 1.165) is 12.8 Å². The van der Waals surface area contributed by atoms with Gasteiger partial charge in [-0.2, -0.15) is 0 Å². The average molecular weight is 274 g/mol. The lowest BCUT2D eigenvalue weighted by Crippen LogP contribution is -2.14. The van der Waals surface area contributed by atoms with Crippen LogP contribution in [0.25, 0.3) is 0 Å². The summed E-state index contributed by atoms with van der Waals surface area (Å²) < 4.78 is 15.0. The first-order valence-electron chi connectivity index (χ1n) is 6.90. The van der Waals surface area contributed by atoms with Gasteiger partial charge in [-0.3, -0.25) is 9.59 Å². The standard InChI is InChI=1S/C14H26O5/c1-4-9-18-13(15)6-5-7-14(16)19-11-12(2)8-10-17-3/h12H,4-11H2,1-3H3. The zero-order valence-electron chi connectivity index (χ0n) is 12.3. The van der Waals surface area contributed by atoms with Crippen LogP contribution in [-0.2, 0) is 23.8 Å². The van der Waals surface area contributed by atoms with Crippen molar-refractivity contribution in [3.8, 4) is 0 Å². The number of ether oxygens (including phenoxy) is 3. The summed E-state index contributed by atoms with van der Waals surface area (Å²) in [6.45, 7) is 5.47. The van der Waals surface area contributed by atoms with Crippen molar-refractivity contribution in [2.24, 2.45) is 5.92 Å². The van der Waals surface area contributed by atoms with Crippen LogP contribution in [0.2, 0.25) is 0 Å². The van der Waals surface area contributed by atoms with Crippen molar-refractivity contribution in [1.29, 1.82) is 0 Å². The van der Waals surface area contributed by atoms with Crippen LogP contribution in [0.1, 0.15) is 46.0 Å². The van der Waals surface area contributed by atoms with E-state index in [1.165, 1.54) is 0 Å². The topological polar surface area (TPSA) is 61.8 Å². The molecule has 0 saturated carbocycles. The first kappa shape index (κ1) is 17.9. The SMILES string of the molecule is CCCOC(=O)CCCC(=O)OCC(C)CCOC. The summed E-state index contributed by atoms with van der Waals surface area (Å²) in [4.78, 5) is 22.6. The normalized spacial score (nSPS) is 11.9. The van der Waals surface area contributed by atoms with Gasteiger partial charge in [0.1, 0.15) is 0 Å². The molecular formula is C14H26O5. The summed E-state index contributed by atoms with van der Waals surface area (Å²) >= 11 is 0. The van der Waals surface area contributed by atoms with E-state index in [2.05, 4.69) is 0 Å². The Bertz CT molecular complexity index is 252. The van der Waals surface area contributed by atoms with Crippen LogP contribution >= 0.6 is 0 Å². The van der Waals surface area contributed by atoms with Crippen LogP contribution in [0, 0.1) is 5.92 Å². The van der Waals surface area contributed by atoms with Crippen LogP contribution in [0.15, 0.2) is 0 Å². The van der Waals surface area contributed by atoms with E-state index in [1.807, 2.05) is 13.8 Å². The monoisotopic (exact) mass is 274 g/mol. The molecule has 0 radical (unpaired) electrons. The Morgan fingerprint density at radius 2 is 1.68 bits per heavy atom. The second-order valence-corrected chi connectivity index (χ2v) is 4.64. The highest BCUT2D eigenvalue weighted by Gasteiger charge is 2.09. The molecule has 19 heavy (non-hydrogen) atoms. The summed E-state index contributed by atoms with van der Waals surface area (Å²) in [5.41, 5.74) is 0. The second kappa shape index (κ2) is 12.0. The van der Waals surface area contributed by atoms with E-state index in [9.17, 15) is 9.59 Å². The molecule has 0 fully saturated rings. The van der Waals surface area contributed by atoms with Gasteiger partial charge in [0.05, 0.1) is 13.2 Å². The van der Waals surface area contributed by atoms with Gasteiger partial charge in [-0.25, -0.2) is 0 Å². The molecule has 5 nitrogen and oxygen atoms in total. The minimum atomic E-state index is -0.257. The average Bonchev–Trinajstić information content (AvgIpc) is 2.40. The van der Waals surface area contributed by atoms with Gasteiger partial charge in [0.2, 0.25) is 0 Å². The van der Waals surface area contributed by atoms with E-state index >= 15 is 0 Å². The highest BCUT2D eigenvalue weighted by atomic mass is 16.5. The fourth-order valence-corrected chi connectivity index (χ4v) is 1.37. The van der Waals surface area contributed by atoms with Crippen molar-refractivity contribution in [3.63, 3.8) is 0 Å². The molecular weight excluding hydrogens is 248 g/mol. The van der Waals surface area contributed by atoms with Gasteiger partial charge in [-0.05, 0) is 25.2 Å². The Kier molecular flexibility index (Phi) is 11.3. The molecule has 1 unspecified atom stereocenters. The third-order valence-electron chi connectivity index (χ3n) is 2.57. The van der Waals surface area contributed by atoms with Gasteiger partial charge in [-0.1, -0.05) is 13.8 Å². The fourth-order valence-electron chi connectivity index (χ4n) is 1.37. The molecule has 0 aromatic carbocycles. The molecule has 0 aromatic heterocycles. The van der Waals surface area contributed by atoms with E-state index in [-0.39, 0.29) is 24.8 Å². The number of hydrogen-bond donors (Lipinski definition) is 0. The summed E-state index contributed by atoms with van der Waals surface area (Å²) in [5.74, 6) is -0.214. The number of carbonyl (C=O) groups is 2. The van der Waals surface area contributed by atoms with Crippen LogP contribution in [0.3, 0.4) is 0 Å². The molecule has 0 aliphatic rings. The fraction of sp³-hybridized carbons (Fsp3) is 0.857. The van der Waals surface area contributed by atoms with Gasteiger partial charge in [0.25, 0.3) is 0 Å². The Hall–Kier alpha value is -1.10. The first-order valence-corrected chi connectivity index (χ1v) is 6.90. The number of rotatable bonds is 11. The molecule has 0 spiro atoms. The summed E-state index contributed by atoms with van der Waals surface area (Å²) in [6, 6.07) is 0. The molecule has 0 saturated heterocycles. The molecule has 0 aromatic rings. The lowest BCUT2D eigenvalue weighted by atomic mass is 10.1. The first-order chi connectivity index (χ1) is 9.10. The largest absolute Gasteiger partial charge is 0.466 e. The Morgan fingerprint density at radius 1 is 1.05 bits per heavy atom. The predicted octanol–water partition coefficient (Wildman–Crippen LogP) is 2.33. The zero-order chi connectivity index (χ0) is 14.5. The molecule has 1 atom stereocenters. The third-order valence-corrected chi connectivity index (χ3v) is 2.57. The van der Waals surface area contributed by atoms with E-state index < -0.39 is 0 Å². The van der Waals surface area contributed by atoms with Crippen LogP contribution in [-0.4, -0.2) is 38.9 Å². The Labute approximate surface area is 115 Å². The van der Waals surface area contributed by atoms with Crippen molar-refractivity contribution in [3.05, 3.63) is 0 Å². The van der Waals surface area contributed by atoms with Gasteiger partial charge in [0.15, 0.2) is 0 Å². The van der Waals surface area contributed by atoms with Crippen molar-refractivity contribution in [1.82, 2.24) is 0 Å². The molecule has 0 rings (SSSR count). The molecule has 0 amide bonds.